The first kappa shape index (κ1) is 11.8. The fourth-order valence-electron chi connectivity index (χ4n) is 1.63. The van der Waals surface area contributed by atoms with Crippen LogP contribution in [-0.2, 0) is 14.3 Å². The maximum Gasteiger partial charge on any atom is 0.293 e. The minimum Gasteiger partial charge on any atom is -0.461 e. The highest BCUT2D eigenvalue weighted by Crippen LogP contribution is 2.16. The number of rotatable bonds is 5. The van der Waals surface area contributed by atoms with E-state index >= 15 is 0 Å². The second-order valence-corrected chi connectivity index (χ2v) is 3.89. The van der Waals surface area contributed by atoms with Crippen LogP contribution in [0, 0.1) is 5.92 Å². The maximum absolute atomic E-state index is 11.0. The van der Waals surface area contributed by atoms with Crippen molar-refractivity contribution in [1.82, 2.24) is 5.32 Å². The van der Waals surface area contributed by atoms with Crippen molar-refractivity contribution in [2.45, 2.75) is 38.8 Å². The quantitative estimate of drug-likeness (QED) is 0.545. The summed E-state index contributed by atoms with van der Waals surface area (Å²) in [5.41, 5.74) is 0. The molecule has 0 radical (unpaired) electrons. The van der Waals surface area contributed by atoms with E-state index in [9.17, 15) is 9.59 Å². The lowest BCUT2D eigenvalue weighted by Gasteiger charge is -2.15. The van der Waals surface area contributed by atoms with Gasteiger partial charge in [-0.3, -0.25) is 9.59 Å². The van der Waals surface area contributed by atoms with Crippen LogP contribution < -0.4 is 5.32 Å². The third-order valence-corrected chi connectivity index (χ3v) is 2.62. The molecule has 0 spiro atoms. The molecular formula is C11H17NO3. The highest BCUT2D eigenvalue weighted by Gasteiger charge is 2.24. The van der Waals surface area contributed by atoms with Crippen LogP contribution in [-0.4, -0.2) is 24.5 Å². The maximum atomic E-state index is 11.0. The Hall–Kier alpha value is -1.32. The van der Waals surface area contributed by atoms with Crippen LogP contribution in [0.25, 0.3) is 0 Å². The first-order valence-corrected chi connectivity index (χ1v) is 5.20. The van der Waals surface area contributed by atoms with E-state index in [0.29, 0.717) is 12.9 Å². The van der Waals surface area contributed by atoms with Gasteiger partial charge in [0.25, 0.3) is 6.47 Å². The van der Waals surface area contributed by atoms with Crippen molar-refractivity contribution in [1.29, 1.82) is 0 Å². The Morgan fingerprint density at radius 3 is 2.73 bits per heavy atom. The molecule has 0 aliphatic carbocycles. The third-order valence-electron chi connectivity index (χ3n) is 2.62. The number of carbonyl (C=O) groups excluding carboxylic acids is 2. The number of ether oxygens (including phenoxy) is 1. The molecule has 3 unspecified atom stereocenters. The lowest BCUT2D eigenvalue weighted by atomic mass is 10.00. The summed E-state index contributed by atoms with van der Waals surface area (Å²) in [5, 5.41) is 2.91. The van der Waals surface area contributed by atoms with Crippen LogP contribution in [0.15, 0.2) is 12.2 Å². The first-order chi connectivity index (χ1) is 7.13. The zero-order valence-corrected chi connectivity index (χ0v) is 9.10. The standard InChI is InChI=1S/C11H17NO3/c1-8(3-4-9(2)15-7-13)10-5-6-11(14)12-10/h3-4,7-10H,5-6H2,1-2H3,(H,12,14)/b4-3+. The van der Waals surface area contributed by atoms with Gasteiger partial charge in [0, 0.05) is 12.5 Å². The van der Waals surface area contributed by atoms with E-state index < -0.39 is 0 Å². The predicted octanol–water partition coefficient (Wildman–Crippen LogP) is 1.02. The number of nitrogens with one attached hydrogen (secondary N) is 1. The van der Waals surface area contributed by atoms with Gasteiger partial charge >= 0.3 is 0 Å². The summed E-state index contributed by atoms with van der Waals surface area (Å²) in [6.45, 7) is 4.28. The van der Waals surface area contributed by atoms with Gasteiger partial charge in [0.05, 0.1) is 0 Å². The molecule has 4 heteroatoms. The zero-order chi connectivity index (χ0) is 11.3. The Bertz CT molecular complexity index is 263. The fourth-order valence-corrected chi connectivity index (χ4v) is 1.63. The summed E-state index contributed by atoms with van der Waals surface area (Å²) in [5.74, 6) is 0.395. The molecule has 1 saturated heterocycles. The molecule has 1 amide bonds. The molecule has 1 rings (SSSR count). The molecule has 1 aliphatic rings. The molecule has 1 heterocycles. The normalized spacial score (nSPS) is 24.9. The van der Waals surface area contributed by atoms with Gasteiger partial charge < -0.3 is 10.1 Å². The van der Waals surface area contributed by atoms with Gasteiger partial charge in [-0.25, -0.2) is 0 Å². The van der Waals surface area contributed by atoms with Crippen LogP contribution in [0.5, 0.6) is 0 Å². The number of hydrogen-bond acceptors (Lipinski definition) is 3. The Balaban J connectivity index is 2.37. The molecule has 0 saturated carbocycles. The molecule has 0 aromatic rings. The van der Waals surface area contributed by atoms with E-state index in [2.05, 4.69) is 5.32 Å². The second-order valence-electron chi connectivity index (χ2n) is 3.89. The lowest BCUT2D eigenvalue weighted by Crippen LogP contribution is -2.30. The second kappa shape index (κ2) is 5.53. The van der Waals surface area contributed by atoms with Gasteiger partial charge in [-0.05, 0) is 25.3 Å². The van der Waals surface area contributed by atoms with Crippen molar-refractivity contribution < 1.29 is 14.3 Å². The summed E-state index contributed by atoms with van der Waals surface area (Å²) in [6, 6.07) is 0.220. The average Bonchev–Trinajstić information content (AvgIpc) is 2.62. The monoisotopic (exact) mass is 211 g/mol. The van der Waals surface area contributed by atoms with Gasteiger partial charge in [-0.2, -0.15) is 0 Å². The van der Waals surface area contributed by atoms with Crippen LogP contribution >= 0.6 is 0 Å². The molecule has 0 bridgehead atoms. The molecule has 0 aromatic carbocycles. The lowest BCUT2D eigenvalue weighted by molar-refractivity contribution is -0.130. The first-order valence-electron chi connectivity index (χ1n) is 5.20. The predicted molar refractivity (Wildman–Crippen MR) is 56.1 cm³/mol. The highest BCUT2D eigenvalue weighted by atomic mass is 16.5. The molecule has 84 valence electrons. The van der Waals surface area contributed by atoms with Crippen LogP contribution in [0.2, 0.25) is 0 Å². The molecule has 1 aliphatic heterocycles. The van der Waals surface area contributed by atoms with E-state index in [-0.39, 0.29) is 24.0 Å². The van der Waals surface area contributed by atoms with Gasteiger partial charge in [-0.15, -0.1) is 0 Å². The molecular weight excluding hydrogens is 194 g/mol. The van der Waals surface area contributed by atoms with Gasteiger partial charge in [0.2, 0.25) is 5.91 Å². The Kier molecular flexibility index (Phi) is 4.34. The number of carbonyl (C=O) groups is 2. The summed E-state index contributed by atoms with van der Waals surface area (Å²) < 4.78 is 4.72. The number of amides is 1. The van der Waals surface area contributed by atoms with Crippen LogP contribution in [0.3, 0.4) is 0 Å². The van der Waals surface area contributed by atoms with E-state index in [1.807, 2.05) is 19.1 Å². The summed E-state index contributed by atoms with van der Waals surface area (Å²) in [6.07, 6.45) is 5.10. The van der Waals surface area contributed by atoms with Crippen molar-refractivity contribution in [3.05, 3.63) is 12.2 Å². The molecule has 15 heavy (non-hydrogen) atoms. The van der Waals surface area contributed by atoms with Crippen LogP contribution in [0.1, 0.15) is 26.7 Å². The van der Waals surface area contributed by atoms with Crippen molar-refractivity contribution in [2.24, 2.45) is 5.92 Å². The van der Waals surface area contributed by atoms with Crippen molar-refractivity contribution >= 4 is 12.4 Å². The van der Waals surface area contributed by atoms with E-state index in [1.54, 1.807) is 6.92 Å². The summed E-state index contributed by atoms with van der Waals surface area (Å²) in [7, 11) is 0. The third kappa shape index (κ3) is 3.73. The minimum atomic E-state index is -0.206. The summed E-state index contributed by atoms with van der Waals surface area (Å²) in [4.78, 5) is 21.0. The van der Waals surface area contributed by atoms with Gasteiger partial charge in [0.15, 0.2) is 0 Å². The van der Waals surface area contributed by atoms with Gasteiger partial charge in [0.1, 0.15) is 6.10 Å². The summed E-state index contributed by atoms with van der Waals surface area (Å²) >= 11 is 0. The molecule has 1 N–H and O–H groups in total. The number of hydrogen-bond donors (Lipinski definition) is 1. The van der Waals surface area contributed by atoms with Crippen molar-refractivity contribution in [2.75, 3.05) is 0 Å². The largest absolute Gasteiger partial charge is 0.461 e. The van der Waals surface area contributed by atoms with E-state index in [1.165, 1.54) is 0 Å². The molecule has 1 fully saturated rings. The Morgan fingerprint density at radius 2 is 2.20 bits per heavy atom. The minimum absolute atomic E-state index is 0.123. The highest BCUT2D eigenvalue weighted by molar-refractivity contribution is 5.78. The SMILES string of the molecule is CC(/C=C/C(C)C1CCC(=O)N1)OC=O. The van der Waals surface area contributed by atoms with Crippen molar-refractivity contribution in [3.8, 4) is 0 Å². The average molecular weight is 211 g/mol. The van der Waals surface area contributed by atoms with Crippen molar-refractivity contribution in [3.63, 3.8) is 0 Å². The van der Waals surface area contributed by atoms with E-state index in [4.69, 9.17) is 4.74 Å². The van der Waals surface area contributed by atoms with E-state index in [0.717, 1.165) is 6.42 Å². The molecule has 4 nitrogen and oxygen atoms in total. The Labute approximate surface area is 89.7 Å². The smallest absolute Gasteiger partial charge is 0.293 e. The Morgan fingerprint density at radius 1 is 1.47 bits per heavy atom. The van der Waals surface area contributed by atoms with Crippen LogP contribution in [0.4, 0.5) is 0 Å². The topological polar surface area (TPSA) is 55.4 Å². The fraction of sp³-hybridized carbons (Fsp3) is 0.636. The zero-order valence-electron chi connectivity index (χ0n) is 9.10. The molecule has 0 aromatic heterocycles. The molecule has 3 atom stereocenters. The van der Waals surface area contributed by atoms with Gasteiger partial charge in [-0.1, -0.05) is 13.0 Å².